The van der Waals surface area contributed by atoms with Crippen molar-refractivity contribution in [2.24, 2.45) is 0 Å². The van der Waals surface area contributed by atoms with E-state index in [1.54, 1.807) is 0 Å². The van der Waals surface area contributed by atoms with E-state index in [4.69, 9.17) is 4.74 Å². The summed E-state index contributed by atoms with van der Waals surface area (Å²) in [4.78, 5) is 0. The van der Waals surface area contributed by atoms with Gasteiger partial charge in [-0.15, -0.1) is 0 Å². The largest absolute Gasteiger partial charge is 0.494 e. The molecular weight excluding hydrogens is 148 g/mol. The van der Waals surface area contributed by atoms with Gasteiger partial charge in [-0.2, -0.15) is 0 Å². The Kier molecular flexibility index (Phi) is 4.58. The molecule has 0 aliphatic heterocycles. The van der Waals surface area contributed by atoms with Crippen LogP contribution in [0.15, 0.2) is 17.9 Å². The highest BCUT2D eigenvalue weighted by molar-refractivity contribution is 5.17. The molecule has 2 radical (unpaired) electrons. The van der Waals surface area contributed by atoms with E-state index in [1.807, 2.05) is 12.5 Å². The molecule has 1 rings (SSSR count). The second-order valence-corrected chi connectivity index (χ2v) is 2.91. The number of ether oxygens (including phenoxy) is 1. The summed E-state index contributed by atoms with van der Waals surface area (Å²) in [7, 11) is 0. The lowest BCUT2D eigenvalue weighted by atomic mass is 10.2. The van der Waals surface area contributed by atoms with E-state index < -0.39 is 0 Å². The highest BCUT2D eigenvalue weighted by Gasteiger charge is 1.97. The van der Waals surface area contributed by atoms with Gasteiger partial charge >= 0.3 is 0 Å². The molecule has 0 heterocycles. The van der Waals surface area contributed by atoms with Crippen molar-refractivity contribution in [3.8, 4) is 0 Å². The minimum atomic E-state index is 0.845. The molecule has 1 heteroatoms. The van der Waals surface area contributed by atoms with Crippen LogP contribution >= 0.6 is 0 Å². The Morgan fingerprint density at radius 3 is 3.08 bits per heavy atom. The molecule has 0 aromatic heterocycles. The van der Waals surface area contributed by atoms with Crippen molar-refractivity contribution in [1.29, 1.82) is 0 Å². The Balaban J connectivity index is 2.06. The molecule has 1 aliphatic rings. The minimum absolute atomic E-state index is 0.845. The van der Waals surface area contributed by atoms with Crippen molar-refractivity contribution in [2.75, 3.05) is 6.61 Å². The van der Waals surface area contributed by atoms with E-state index in [1.165, 1.54) is 12.8 Å². The van der Waals surface area contributed by atoms with E-state index in [0.29, 0.717) is 0 Å². The van der Waals surface area contributed by atoms with Crippen LogP contribution in [-0.2, 0) is 4.74 Å². The zero-order chi connectivity index (χ0) is 8.65. The molecule has 0 aromatic rings. The third-order valence-electron chi connectivity index (χ3n) is 1.80. The standard InChI is InChI=1S/C11H16O/c1-2-3-7-10-12-11-8-5-4-6-9-11/h4,8-9H,2-3,5,7,10H2,1H3. The molecule has 1 nitrogen and oxygen atoms in total. The summed E-state index contributed by atoms with van der Waals surface area (Å²) >= 11 is 0. The number of hydrogen-bond acceptors (Lipinski definition) is 1. The monoisotopic (exact) mass is 164 g/mol. The molecule has 0 unspecified atom stereocenters. The fourth-order valence-corrected chi connectivity index (χ4v) is 1.09. The highest BCUT2D eigenvalue weighted by atomic mass is 16.5. The van der Waals surface area contributed by atoms with E-state index >= 15 is 0 Å². The van der Waals surface area contributed by atoms with Crippen LogP contribution in [0.3, 0.4) is 0 Å². The van der Waals surface area contributed by atoms with Crippen LogP contribution in [0.25, 0.3) is 0 Å². The molecule has 0 N–H and O–H groups in total. The average Bonchev–Trinajstić information content (AvgIpc) is 2.14. The van der Waals surface area contributed by atoms with E-state index in [9.17, 15) is 0 Å². The summed E-state index contributed by atoms with van der Waals surface area (Å²) in [5, 5.41) is 0. The van der Waals surface area contributed by atoms with Gasteiger partial charge in [-0.3, -0.25) is 0 Å². The molecule has 0 saturated heterocycles. The van der Waals surface area contributed by atoms with Gasteiger partial charge in [-0.25, -0.2) is 0 Å². The fourth-order valence-electron chi connectivity index (χ4n) is 1.09. The van der Waals surface area contributed by atoms with Crippen LogP contribution in [0.4, 0.5) is 0 Å². The molecular formula is C11H16O. The van der Waals surface area contributed by atoms with Crippen molar-refractivity contribution in [1.82, 2.24) is 0 Å². The third kappa shape index (κ3) is 3.61. The molecule has 1 aliphatic carbocycles. The maximum Gasteiger partial charge on any atom is 0.115 e. The van der Waals surface area contributed by atoms with Gasteiger partial charge in [0.15, 0.2) is 0 Å². The number of allylic oxidation sites excluding steroid dienone is 3. The predicted octanol–water partition coefficient (Wildman–Crippen LogP) is 3.04. The summed E-state index contributed by atoms with van der Waals surface area (Å²) in [5.74, 6) is 0.980. The van der Waals surface area contributed by atoms with Crippen LogP contribution < -0.4 is 0 Å². The molecule has 0 bridgehead atoms. The van der Waals surface area contributed by atoms with Gasteiger partial charge in [0.05, 0.1) is 6.61 Å². The third-order valence-corrected chi connectivity index (χ3v) is 1.80. The Morgan fingerprint density at radius 1 is 1.50 bits per heavy atom. The van der Waals surface area contributed by atoms with Crippen LogP contribution in [-0.4, -0.2) is 6.61 Å². The molecule has 0 aromatic carbocycles. The maximum absolute atomic E-state index is 5.51. The summed E-state index contributed by atoms with van der Waals surface area (Å²) < 4.78 is 5.51. The van der Waals surface area contributed by atoms with Gasteiger partial charge in [0.25, 0.3) is 0 Å². The first-order chi connectivity index (χ1) is 5.93. The number of rotatable bonds is 5. The molecule has 0 amide bonds. The molecule has 0 fully saturated rings. The molecule has 12 heavy (non-hydrogen) atoms. The number of hydrogen-bond donors (Lipinski definition) is 0. The van der Waals surface area contributed by atoms with Crippen LogP contribution in [0.2, 0.25) is 0 Å². The molecule has 0 atom stereocenters. The SMILES string of the molecule is CCCCCOC1=CC[CH][C]=C1. The van der Waals surface area contributed by atoms with Crippen LogP contribution in [0.1, 0.15) is 32.6 Å². The van der Waals surface area contributed by atoms with Crippen molar-refractivity contribution < 1.29 is 4.74 Å². The highest BCUT2D eigenvalue weighted by Crippen LogP contribution is 2.09. The Labute approximate surface area is 75.1 Å². The molecule has 66 valence electrons. The average molecular weight is 164 g/mol. The van der Waals surface area contributed by atoms with Gasteiger partial charge < -0.3 is 4.74 Å². The minimum Gasteiger partial charge on any atom is -0.494 e. The van der Waals surface area contributed by atoms with Crippen LogP contribution in [0, 0.1) is 12.5 Å². The summed E-state index contributed by atoms with van der Waals surface area (Å²) in [6.45, 7) is 3.04. The first kappa shape index (κ1) is 9.37. The molecule has 0 spiro atoms. The summed E-state index contributed by atoms with van der Waals surface area (Å²) in [5.41, 5.74) is 0. The first-order valence-electron chi connectivity index (χ1n) is 4.67. The Bertz CT molecular complexity index is 168. The lowest BCUT2D eigenvalue weighted by Gasteiger charge is -2.08. The normalized spacial score (nSPS) is 15.9. The van der Waals surface area contributed by atoms with Gasteiger partial charge in [0, 0.05) is 0 Å². The van der Waals surface area contributed by atoms with Gasteiger partial charge in [-0.05, 0) is 37.5 Å². The van der Waals surface area contributed by atoms with Crippen LogP contribution in [0.5, 0.6) is 0 Å². The molecule has 0 saturated carbocycles. The van der Waals surface area contributed by atoms with Gasteiger partial charge in [0.2, 0.25) is 0 Å². The summed E-state index contributed by atoms with van der Waals surface area (Å²) in [6, 6.07) is 0. The second-order valence-electron chi connectivity index (χ2n) is 2.91. The van der Waals surface area contributed by atoms with Crippen molar-refractivity contribution in [3.05, 3.63) is 30.4 Å². The lowest BCUT2D eigenvalue weighted by molar-refractivity contribution is 0.216. The summed E-state index contributed by atoms with van der Waals surface area (Å²) in [6.07, 6.45) is 13.6. The van der Waals surface area contributed by atoms with Crippen molar-refractivity contribution >= 4 is 0 Å². The van der Waals surface area contributed by atoms with Crippen molar-refractivity contribution in [2.45, 2.75) is 32.6 Å². The smallest absolute Gasteiger partial charge is 0.115 e. The first-order valence-corrected chi connectivity index (χ1v) is 4.67. The van der Waals surface area contributed by atoms with Gasteiger partial charge in [0.1, 0.15) is 5.76 Å². The number of unbranched alkanes of at least 4 members (excludes halogenated alkanes) is 2. The quantitative estimate of drug-likeness (QED) is 0.567. The zero-order valence-corrected chi connectivity index (χ0v) is 7.68. The Hall–Kier alpha value is -0.720. The van der Waals surface area contributed by atoms with E-state index in [-0.39, 0.29) is 0 Å². The van der Waals surface area contributed by atoms with E-state index in [0.717, 1.165) is 25.2 Å². The topological polar surface area (TPSA) is 9.23 Å². The fraction of sp³-hybridized carbons (Fsp3) is 0.545. The lowest BCUT2D eigenvalue weighted by Crippen LogP contribution is -1.95. The maximum atomic E-state index is 5.51. The van der Waals surface area contributed by atoms with Gasteiger partial charge in [-0.1, -0.05) is 19.8 Å². The zero-order valence-electron chi connectivity index (χ0n) is 7.68. The second kappa shape index (κ2) is 5.87. The Morgan fingerprint density at radius 2 is 2.42 bits per heavy atom. The predicted molar refractivity (Wildman–Crippen MR) is 50.3 cm³/mol. The van der Waals surface area contributed by atoms with E-state index in [2.05, 4.69) is 19.1 Å². The van der Waals surface area contributed by atoms with Crippen molar-refractivity contribution in [3.63, 3.8) is 0 Å².